The largest absolute Gasteiger partial charge is 0.396 e. The minimum absolute atomic E-state index is 0.0697. The van der Waals surface area contributed by atoms with Crippen molar-refractivity contribution in [2.24, 2.45) is 5.92 Å². The molecular weight excluding hydrogens is 219 g/mol. The van der Waals surface area contributed by atoms with E-state index < -0.39 is 5.82 Å². The highest BCUT2D eigenvalue weighted by molar-refractivity contribution is 5.99. The third kappa shape index (κ3) is 3.19. The van der Waals surface area contributed by atoms with Crippen LogP contribution in [0.3, 0.4) is 0 Å². The van der Waals surface area contributed by atoms with Crippen molar-refractivity contribution in [1.29, 1.82) is 0 Å². The van der Waals surface area contributed by atoms with Gasteiger partial charge in [0.05, 0.1) is 11.3 Å². The third-order valence-corrected chi connectivity index (χ3v) is 2.54. The lowest BCUT2D eigenvalue weighted by Gasteiger charge is -2.23. The molecule has 0 aliphatic carbocycles. The fourth-order valence-corrected chi connectivity index (χ4v) is 1.69. The van der Waals surface area contributed by atoms with E-state index in [9.17, 15) is 9.18 Å². The van der Waals surface area contributed by atoms with E-state index in [1.165, 1.54) is 12.1 Å². The van der Waals surface area contributed by atoms with Crippen LogP contribution in [0.1, 0.15) is 31.1 Å². The number of carbonyl (C=O) groups excluding carboxylic acids is 1. The van der Waals surface area contributed by atoms with Gasteiger partial charge in [0.2, 0.25) is 0 Å². The predicted molar refractivity (Wildman–Crippen MR) is 67.2 cm³/mol. The quantitative estimate of drug-likeness (QED) is 0.819. The van der Waals surface area contributed by atoms with Gasteiger partial charge in [0.25, 0.3) is 5.91 Å². The van der Waals surface area contributed by atoms with Gasteiger partial charge in [-0.25, -0.2) is 4.39 Å². The minimum Gasteiger partial charge on any atom is -0.396 e. The molecule has 0 radical (unpaired) electrons. The number of halogens is 1. The standard InChI is InChI=1S/C13H19FN2O/c1-4-16(8-9(2)3)13(17)10-6-5-7-11(14)12(10)15/h5-7,9H,4,8,15H2,1-3H3. The van der Waals surface area contributed by atoms with Crippen molar-refractivity contribution in [3.63, 3.8) is 0 Å². The van der Waals surface area contributed by atoms with Gasteiger partial charge >= 0.3 is 0 Å². The van der Waals surface area contributed by atoms with Crippen LogP contribution in [0.15, 0.2) is 18.2 Å². The van der Waals surface area contributed by atoms with Crippen LogP contribution in [-0.2, 0) is 0 Å². The first-order valence-corrected chi connectivity index (χ1v) is 5.80. The second kappa shape index (κ2) is 5.66. The fraction of sp³-hybridized carbons (Fsp3) is 0.462. The van der Waals surface area contributed by atoms with E-state index in [1.54, 1.807) is 11.0 Å². The summed E-state index contributed by atoms with van der Waals surface area (Å²) in [6.45, 7) is 7.20. The molecule has 1 aromatic carbocycles. The van der Waals surface area contributed by atoms with Crippen molar-refractivity contribution in [2.75, 3.05) is 18.8 Å². The molecule has 0 fully saturated rings. The lowest BCUT2D eigenvalue weighted by atomic mass is 10.1. The third-order valence-electron chi connectivity index (χ3n) is 2.54. The number of para-hydroxylation sites is 1. The Labute approximate surface area is 101 Å². The van der Waals surface area contributed by atoms with Crippen LogP contribution in [0.4, 0.5) is 10.1 Å². The van der Waals surface area contributed by atoms with Crippen molar-refractivity contribution in [3.05, 3.63) is 29.6 Å². The minimum atomic E-state index is -0.545. The summed E-state index contributed by atoms with van der Waals surface area (Å²) in [6, 6.07) is 4.32. The Morgan fingerprint density at radius 1 is 1.47 bits per heavy atom. The van der Waals surface area contributed by atoms with Crippen molar-refractivity contribution in [3.8, 4) is 0 Å². The Hall–Kier alpha value is -1.58. The first-order valence-electron chi connectivity index (χ1n) is 5.80. The summed E-state index contributed by atoms with van der Waals surface area (Å²) in [5, 5.41) is 0. The number of benzene rings is 1. The second-order valence-corrected chi connectivity index (χ2v) is 4.44. The second-order valence-electron chi connectivity index (χ2n) is 4.44. The summed E-state index contributed by atoms with van der Waals surface area (Å²) >= 11 is 0. The fourth-order valence-electron chi connectivity index (χ4n) is 1.69. The SMILES string of the molecule is CCN(CC(C)C)C(=O)c1cccc(F)c1N. The number of amides is 1. The van der Waals surface area contributed by atoms with Gasteiger partial charge in [0.15, 0.2) is 0 Å². The molecule has 1 rings (SSSR count). The maximum Gasteiger partial charge on any atom is 0.256 e. The molecule has 0 saturated heterocycles. The summed E-state index contributed by atoms with van der Waals surface area (Å²) in [4.78, 5) is 13.8. The summed E-state index contributed by atoms with van der Waals surface area (Å²) in [6.07, 6.45) is 0. The van der Waals surface area contributed by atoms with Crippen LogP contribution >= 0.6 is 0 Å². The van der Waals surface area contributed by atoms with Gasteiger partial charge in [0.1, 0.15) is 5.82 Å². The van der Waals surface area contributed by atoms with Crippen LogP contribution in [0.25, 0.3) is 0 Å². The molecule has 2 N–H and O–H groups in total. The first kappa shape index (κ1) is 13.5. The smallest absolute Gasteiger partial charge is 0.256 e. The van der Waals surface area contributed by atoms with Gasteiger partial charge < -0.3 is 10.6 Å². The highest BCUT2D eigenvalue weighted by atomic mass is 19.1. The monoisotopic (exact) mass is 238 g/mol. The molecule has 0 bridgehead atoms. The number of nitrogens with two attached hydrogens (primary N) is 1. The molecule has 1 amide bonds. The molecule has 17 heavy (non-hydrogen) atoms. The summed E-state index contributed by atoms with van der Waals surface area (Å²) in [7, 11) is 0. The van der Waals surface area contributed by atoms with Gasteiger partial charge in [0, 0.05) is 13.1 Å². The van der Waals surface area contributed by atoms with Crippen molar-refractivity contribution < 1.29 is 9.18 Å². The highest BCUT2D eigenvalue weighted by Crippen LogP contribution is 2.18. The molecule has 0 aliphatic rings. The van der Waals surface area contributed by atoms with Crippen LogP contribution in [-0.4, -0.2) is 23.9 Å². The molecule has 0 heterocycles. The van der Waals surface area contributed by atoms with Gasteiger partial charge in [-0.2, -0.15) is 0 Å². The molecule has 0 aromatic heterocycles. The molecule has 0 spiro atoms. The molecule has 0 atom stereocenters. The Kier molecular flexibility index (Phi) is 4.49. The molecule has 4 heteroatoms. The van der Waals surface area contributed by atoms with E-state index in [4.69, 9.17) is 5.73 Å². The number of nitrogen functional groups attached to an aromatic ring is 1. The number of hydrogen-bond acceptors (Lipinski definition) is 2. The molecule has 0 unspecified atom stereocenters. The van der Waals surface area contributed by atoms with E-state index in [1.807, 2.05) is 20.8 Å². The number of rotatable bonds is 4. The van der Waals surface area contributed by atoms with E-state index >= 15 is 0 Å². The van der Waals surface area contributed by atoms with Crippen LogP contribution < -0.4 is 5.73 Å². The Balaban J connectivity index is 2.98. The number of anilines is 1. The van der Waals surface area contributed by atoms with E-state index in [2.05, 4.69) is 0 Å². The summed E-state index contributed by atoms with van der Waals surface area (Å²) in [5.74, 6) is -0.386. The van der Waals surface area contributed by atoms with E-state index in [-0.39, 0.29) is 17.2 Å². The zero-order chi connectivity index (χ0) is 13.0. The average molecular weight is 238 g/mol. The number of carbonyl (C=O) groups is 1. The maximum atomic E-state index is 13.3. The lowest BCUT2D eigenvalue weighted by molar-refractivity contribution is 0.0746. The van der Waals surface area contributed by atoms with Crippen molar-refractivity contribution in [2.45, 2.75) is 20.8 Å². The normalized spacial score (nSPS) is 10.6. The highest BCUT2D eigenvalue weighted by Gasteiger charge is 2.18. The number of nitrogens with zero attached hydrogens (tertiary/aromatic N) is 1. The molecule has 94 valence electrons. The zero-order valence-corrected chi connectivity index (χ0v) is 10.5. The lowest BCUT2D eigenvalue weighted by Crippen LogP contribution is -2.34. The van der Waals surface area contributed by atoms with Gasteiger partial charge in [-0.3, -0.25) is 4.79 Å². The topological polar surface area (TPSA) is 46.3 Å². The Morgan fingerprint density at radius 2 is 2.12 bits per heavy atom. The summed E-state index contributed by atoms with van der Waals surface area (Å²) < 4.78 is 13.3. The van der Waals surface area contributed by atoms with Gasteiger partial charge in [-0.05, 0) is 25.0 Å². The summed E-state index contributed by atoms with van der Waals surface area (Å²) in [5.41, 5.74) is 5.76. The predicted octanol–water partition coefficient (Wildman–Crippen LogP) is 2.53. The Morgan fingerprint density at radius 3 is 2.65 bits per heavy atom. The van der Waals surface area contributed by atoms with E-state index in [0.29, 0.717) is 19.0 Å². The van der Waals surface area contributed by atoms with Gasteiger partial charge in [-0.1, -0.05) is 19.9 Å². The van der Waals surface area contributed by atoms with Gasteiger partial charge in [-0.15, -0.1) is 0 Å². The van der Waals surface area contributed by atoms with E-state index in [0.717, 1.165) is 0 Å². The Bertz CT molecular complexity index is 404. The molecule has 3 nitrogen and oxygen atoms in total. The molecule has 0 saturated carbocycles. The molecule has 1 aromatic rings. The van der Waals surface area contributed by atoms with Crippen molar-refractivity contribution in [1.82, 2.24) is 4.90 Å². The van der Waals surface area contributed by atoms with Crippen molar-refractivity contribution >= 4 is 11.6 Å². The zero-order valence-electron chi connectivity index (χ0n) is 10.5. The maximum absolute atomic E-state index is 13.3. The molecule has 0 aliphatic heterocycles. The molecular formula is C13H19FN2O. The van der Waals surface area contributed by atoms with Crippen LogP contribution in [0.2, 0.25) is 0 Å². The average Bonchev–Trinajstić information content (AvgIpc) is 2.28. The van der Waals surface area contributed by atoms with Crippen LogP contribution in [0.5, 0.6) is 0 Å². The number of hydrogen-bond donors (Lipinski definition) is 1. The van der Waals surface area contributed by atoms with Crippen LogP contribution in [0, 0.1) is 11.7 Å². The first-order chi connectivity index (χ1) is 7.97.